The van der Waals surface area contributed by atoms with Gasteiger partial charge >= 0.3 is 0 Å². The van der Waals surface area contributed by atoms with Gasteiger partial charge in [-0.25, -0.2) is 0 Å². The Bertz CT molecular complexity index is 763. The minimum absolute atomic E-state index is 0.0941. The first-order valence-electron chi connectivity index (χ1n) is 10.0. The van der Waals surface area contributed by atoms with E-state index in [2.05, 4.69) is 6.92 Å². The van der Waals surface area contributed by atoms with Crippen molar-refractivity contribution < 1.29 is 19.7 Å². The number of benzene rings is 2. The van der Waals surface area contributed by atoms with Gasteiger partial charge in [0, 0.05) is 12.8 Å². The molecule has 0 bridgehead atoms. The first-order chi connectivity index (χ1) is 13.6. The molecule has 4 nitrogen and oxygen atoms in total. The molecular weight excluding hydrogens is 352 g/mol. The van der Waals surface area contributed by atoms with E-state index in [0.29, 0.717) is 31.6 Å². The number of phenolic OH excluding ortho intramolecular Hbond substituents is 2. The molecule has 2 N–H and O–H groups in total. The molecule has 2 aromatic rings. The van der Waals surface area contributed by atoms with E-state index in [-0.39, 0.29) is 17.3 Å². The molecule has 0 amide bonds. The first-order valence-corrected chi connectivity index (χ1v) is 10.0. The van der Waals surface area contributed by atoms with E-state index in [1.807, 2.05) is 24.3 Å². The molecule has 2 rings (SSSR count). The van der Waals surface area contributed by atoms with Crippen LogP contribution >= 0.6 is 0 Å². The van der Waals surface area contributed by atoms with Crippen molar-refractivity contribution in [2.45, 2.75) is 51.9 Å². The highest BCUT2D eigenvalue weighted by molar-refractivity contribution is 5.89. The standard InChI is InChI=1S/C24H30O4/c1-2-3-4-5-6-7-21(25)14-10-20-11-15-23(27)24(18-20)28-17-16-19-8-12-22(26)13-9-19/h6-9,11-13,15,18,26-27H,2-5,10,14,16-17H2,1H3. The Morgan fingerprint density at radius 3 is 2.50 bits per heavy atom. The van der Waals surface area contributed by atoms with E-state index in [1.165, 1.54) is 12.8 Å². The fourth-order valence-corrected chi connectivity index (χ4v) is 2.85. The predicted molar refractivity (Wildman–Crippen MR) is 112 cm³/mol. The fraction of sp³-hybridized carbons (Fsp3) is 0.375. The van der Waals surface area contributed by atoms with E-state index in [9.17, 15) is 15.0 Å². The van der Waals surface area contributed by atoms with E-state index < -0.39 is 0 Å². The van der Waals surface area contributed by atoms with Crippen LogP contribution in [0.2, 0.25) is 0 Å². The van der Waals surface area contributed by atoms with Gasteiger partial charge in [-0.15, -0.1) is 0 Å². The summed E-state index contributed by atoms with van der Waals surface area (Å²) in [7, 11) is 0. The molecule has 0 unspecified atom stereocenters. The number of rotatable bonds is 12. The maximum Gasteiger partial charge on any atom is 0.161 e. The Balaban J connectivity index is 1.79. The second-order valence-corrected chi connectivity index (χ2v) is 6.93. The van der Waals surface area contributed by atoms with Gasteiger partial charge in [0.15, 0.2) is 17.3 Å². The number of allylic oxidation sites excluding steroid dienone is 2. The van der Waals surface area contributed by atoms with E-state index in [4.69, 9.17) is 4.74 Å². The van der Waals surface area contributed by atoms with Gasteiger partial charge in [0.05, 0.1) is 6.61 Å². The summed E-state index contributed by atoms with van der Waals surface area (Å²) in [6, 6.07) is 12.2. The zero-order valence-corrected chi connectivity index (χ0v) is 16.6. The molecule has 2 aromatic carbocycles. The maximum atomic E-state index is 12.0. The van der Waals surface area contributed by atoms with Crippen molar-refractivity contribution >= 4 is 5.78 Å². The highest BCUT2D eigenvalue weighted by Gasteiger charge is 2.06. The summed E-state index contributed by atoms with van der Waals surface area (Å²) in [6.07, 6.45) is 9.85. The van der Waals surface area contributed by atoms with Crippen LogP contribution in [-0.4, -0.2) is 22.6 Å². The molecule has 0 aromatic heterocycles. The molecule has 0 aliphatic heterocycles. The van der Waals surface area contributed by atoms with Gasteiger partial charge in [0.25, 0.3) is 0 Å². The summed E-state index contributed by atoms with van der Waals surface area (Å²) < 4.78 is 5.71. The summed E-state index contributed by atoms with van der Waals surface area (Å²) in [5.41, 5.74) is 2.01. The monoisotopic (exact) mass is 382 g/mol. The quantitative estimate of drug-likeness (QED) is 0.383. The van der Waals surface area contributed by atoms with Crippen molar-refractivity contribution in [3.63, 3.8) is 0 Å². The maximum absolute atomic E-state index is 12.0. The number of phenols is 2. The molecule has 0 spiro atoms. The van der Waals surface area contributed by atoms with Gasteiger partial charge in [-0.3, -0.25) is 4.79 Å². The average molecular weight is 383 g/mol. The van der Waals surface area contributed by atoms with Crippen molar-refractivity contribution in [3.8, 4) is 17.2 Å². The van der Waals surface area contributed by atoms with Crippen LogP contribution in [0.4, 0.5) is 0 Å². The minimum atomic E-state index is 0.0941. The third kappa shape index (κ3) is 7.87. The van der Waals surface area contributed by atoms with Crippen LogP contribution in [-0.2, 0) is 17.6 Å². The van der Waals surface area contributed by atoms with Gasteiger partial charge in [0.1, 0.15) is 5.75 Å². The second-order valence-electron chi connectivity index (χ2n) is 6.93. The predicted octanol–water partition coefficient (Wildman–Crippen LogP) is 5.36. The lowest BCUT2D eigenvalue weighted by Gasteiger charge is -2.10. The lowest BCUT2D eigenvalue weighted by Crippen LogP contribution is -2.02. The van der Waals surface area contributed by atoms with Crippen LogP contribution in [0.25, 0.3) is 0 Å². The highest BCUT2D eigenvalue weighted by Crippen LogP contribution is 2.27. The Morgan fingerprint density at radius 1 is 1.00 bits per heavy atom. The summed E-state index contributed by atoms with van der Waals surface area (Å²) in [4.78, 5) is 12.0. The van der Waals surface area contributed by atoms with E-state index >= 15 is 0 Å². The van der Waals surface area contributed by atoms with Crippen molar-refractivity contribution in [3.05, 3.63) is 65.7 Å². The van der Waals surface area contributed by atoms with Gasteiger partial charge in [0.2, 0.25) is 0 Å². The Kier molecular flexibility index (Phi) is 9.13. The molecule has 0 aliphatic rings. The average Bonchev–Trinajstić information content (AvgIpc) is 2.69. The van der Waals surface area contributed by atoms with Gasteiger partial charge < -0.3 is 14.9 Å². The molecule has 4 heteroatoms. The summed E-state index contributed by atoms with van der Waals surface area (Å²) in [6.45, 7) is 2.58. The Morgan fingerprint density at radius 2 is 1.75 bits per heavy atom. The van der Waals surface area contributed by atoms with Crippen LogP contribution in [0.5, 0.6) is 17.2 Å². The lowest BCUT2D eigenvalue weighted by atomic mass is 10.1. The van der Waals surface area contributed by atoms with Gasteiger partial charge in [-0.2, -0.15) is 0 Å². The zero-order valence-electron chi connectivity index (χ0n) is 16.6. The molecule has 28 heavy (non-hydrogen) atoms. The molecule has 0 fully saturated rings. The normalized spacial score (nSPS) is 11.0. The topological polar surface area (TPSA) is 66.8 Å². The molecule has 0 radical (unpaired) electrons. The first kappa shape index (κ1) is 21.5. The Labute approximate surface area is 167 Å². The van der Waals surface area contributed by atoms with Crippen LogP contribution in [0.15, 0.2) is 54.6 Å². The van der Waals surface area contributed by atoms with Crippen molar-refractivity contribution in [1.82, 2.24) is 0 Å². The largest absolute Gasteiger partial charge is 0.508 e. The number of carbonyl (C=O) groups is 1. The number of aryl methyl sites for hydroxylation is 1. The molecular formula is C24H30O4. The molecule has 150 valence electrons. The molecule has 0 aliphatic carbocycles. The number of carbonyl (C=O) groups excluding carboxylic acids is 1. The van der Waals surface area contributed by atoms with Crippen LogP contribution in [0.1, 0.15) is 50.2 Å². The number of hydrogen-bond donors (Lipinski definition) is 2. The fourth-order valence-electron chi connectivity index (χ4n) is 2.85. The highest BCUT2D eigenvalue weighted by atomic mass is 16.5. The molecule has 0 heterocycles. The molecule has 0 saturated heterocycles. The second kappa shape index (κ2) is 11.9. The van der Waals surface area contributed by atoms with Crippen LogP contribution in [0, 0.1) is 0 Å². The van der Waals surface area contributed by atoms with Crippen molar-refractivity contribution in [1.29, 1.82) is 0 Å². The van der Waals surface area contributed by atoms with Crippen LogP contribution < -0.4 is 4.74 Å². The lowest BCUT2D eigenvalue weighted by molar-refractivity contribution is -0.114. The SMILES string of the molecule is CCCCCC=CC(=O)CCc1ccc(O)c(OCCc2ccc(O)cc2)c1. The Hall–Kier alpha value is -2.75. The number of ketones is 1. The number of hydrogen-bond acceptors (Lipinski definition) is 4. The van der Waals surface area contributed by atoms with E-state index in [1.54, 1.807) is 30.3 Å². The van der Waals surface area contributed by atoms with Crippen molar-refractivity contribution in [2.75, 3.05) is 6.61 Å². The van der Waals surface area contributed by atoms with Gasteiger partial charge in [-0.1, -0.05) is 44.0 Å². The van der Waals surface area contributed by atoms with Crippen LogP contribution in [0.3, 0.4) is 0 Å². The third-order valence-electron chi connectivity index (χ3n) is 4.55. The minimum Gasteiger partial charge on any atom is -0.508 e. The number of ether oxygens (including phenoxy) is 1. The summed E-state index contributed by atoms with van der Waals surface area (Å²) in [5.74, 6) is 0.884. The van der Waals surface area contributed by atoms with E-state index in [0.717, 1.165) is 24.0 Å². The van der Waals surface area contributed by atoms with Crippen molar-refractivity contribution in [2.24, 2.45) is 0 Å². The molecule has 0 saturated carbocycles. The summed E-state index contributed by atoms with van der Waals surface area (Å²) >= 11 is 0. The zero-order chi connectivity index (χ0) is 20.2. The molecule has 0 atom stereocenters. The smallest absolute Gasteiger partial charge is 0.161 e. The third-order valence-corrected chi connectivity index (χ3v) is 4.55. The summed E-state index contributed by atoms with van der Waals surface area (Å²) in [5, 5.41) is 19.3. The number of aromatic hydroxyl groups is 2. The van der Waals surface area contributed by atoms with Gasteiger partial charge in [-0.05, 0) is 60.7 Å². The number of unbranched alkanes of at least 4 members (excludes halogenated alkanes) is 3.